The molecule has 0 aliphatic heterocycles. The Morgan fingerprint density at radius 1 is 0.525 bits per heavy atom. The molecule has 0 N–H and O–H groups in total. The van der Waals surface area contributed by atoms with Crippen molar-refractivity contribution in [1.82, 2.24) is 4.98 Å². The van der Waals surface area contributed by atoms with Crippen molar-refractivity contribution in [3.05, 3.63) is 155 Å². The summed E-state index contributed by atoms with van der Waals surface area (Å²) in [7, 11) is 0. The second kappa shape index (κ2) is 11.3. The van der Waals surface area contributed by atoms with Gasteiger partial charge in [0.1, 0.15) is 0 Å². The fraction of sp³-hybridized carbons (Fsp3) is 0.0541. The lowest BCUT2D eigenvalue weighted by Gasteiger charge is -2.29. The summed E-state index contributed by atoms with van der Waals surface area (Å²) >= 11 is 3.61. The number of nitrogens with zero attached hydrogens (tertiary/aromatic N) is 2. The number of anilines is 3. The second-order valence-electron chi connectivity index (χ2n) is 9.97. The molecule has 5 aromatic carbocycles. The van der Waals surface area contributed by atoms with Gasteiger partial charge in [-0.25, -0.2) is 0 Å². The van der Waals surface area contributed by atoms with Crippen molar-refractivity contribution in [2.75, 3.05) is 4.90 Å². The van der Waals surface area contributed by atoms with E-state index in [4.69, 9.17) is 0 Å². The predicted molar refractivity (Wildman–Crippen MR) is 172 cm³/mol. The van der Waals surface area contributed by atoms with E-state index in [1.54, 1.807) is 0 Å². The molecule has 40 heavy (non-hydrogen) atoms. The number of pyridine rings is 1. The van der Waals surface area contributed by atoms with Gasteiger partial charge in [-0.15, -0.1) is 0 Å². The van der Waals surface area contributed by atoms with Crippen molar-refractivity contribution in [1.29, 1.82) is 0 Å². The van der Waals surface area contributed by atoms with Crippen molar-refractivity contribution < 1.29 is 0 Å². The highest BCUT2D eigenvalue weighted by Gasteiger charge is 2.18. The first-order chi connectivity index (χ1) is 19.6. The molecule has 0 aliphatic carbocycles. The molecule has 0 aliphatic rings. The highest BCUT2D eigenvalue weighted by Crippen LogP contribution is 2.42. The van der Waals surface area contributed by atoms with Crippen LogP contribution in [0, 0.1) is 13.8 Å². The first kappa shape index (κ1) is 25.8. The third-order valence-corrected chi connectivity index (χ3v) is 7.79. The van der Waals surface area contributed by atoms with Crippen LogP contribution in [0.4, 0.5) is 17.1 Å². The summed E-state index contributed by atoms with van der Waals surface area (Å²) in [5.41, 5.74) is 13.0. The quantitative estimate of drug-likeness (QED) is 0.195. The lowest BCUT2D eigenvalue weighted by Crippen LogP contribution is -2.11. The molecule has 0 amide bonds. The summed E-state index contributed by atoms with van der Waals surface area (Å²) in [4.78, 5) is 6.66. The van der Waals surface area contributed by atoms with Crippen LogP contribution in [0.15, 0.2) is 144 Å². The van der Waals surface area contributed by atoms with Gasteiger partial charge >= 0.3 is 0 Å². The predicted octanol–water partition coefficient (Wildman–Crippen LogP) is 10.9. The summed E-state index contributed by atoms with van der Waals surface area (Å²) in [6.45, 7) is 4.37. The van der Waals surface area contributed by atoms with Gasteiger partial charge in [-0.05, 0) is 101 Å². The summed E-state index contributed by atoms with van der Waals surface area (Å²) in [5, 5.41) is 0. The molecule has 0 unspecified atom stereocenters. The zero-order chi connectivity index (χ0) is 27.5. The fourth-order valence-corrected chi connectivity index (χ4v) is 5.79. The molecular weight excluding hydrogens is 552 g/mol. The number of hydrogen-bond acceptors (Lipinski definition) is 2. The van der Waals surface area contributed by atoms with Crippen LogP contribution in [0.3, 0.4) is 0 Å². The van der Waals surface area contributed by atoms with Crippen LogP contribution in [-0.2, 0) is 0 Å². The zero-order valence-electron chi connectivity index (χ0n) is 22.6. The number of rotatable bonds is 6. The van der Waals surface area contributed by atoms with Crippen LogP contribution in [-0.4, -0.2) is 4.98 Å². The minimum absolute atomic E-state index is 1.10. The van der Waals surface area contributed by atoms with Crippen molar-refractivity contribution in [2.24, 2.45) is 0 Å². The Morgan fingerprint density at radius 3 is 1.88 bits per heavy atom. The maximum atomic E-state index is 4.30. The lowest BCUT2D eigenvalue weighted by molar-refractivity contribution is 1.27. The minimum atomic E-state index is 1.10. The summed E-state index contributed by atoms with van der Waals surface area (Å²) in [6.07, 6.45) is 3.71. The number of benzene rings is 5. The van der Waals surface area contributed by atoms with E-state index in [9.17, 15) is 0 Å². The zero-order valence-corrected chi connectivity index (χ0v) is 24.1. The smallest absolute Gasteiger partial charge is 0.0540 e. The largest absolute Gasteiger partial charge is 0.310 e. The van der Waals surface area contributed by atoms with Gasteiger partial charge in [0.15, 0.2) is 0 Å². The van der Waals surface area contributed by atoms with Gasteiger partial charge in [-0.3, -0.25) is 4.98 Å². The molecule has 2 nitrogen and oxygen atoms in total. The Kier molecular flexibility index (Phi) is 7.31. The van der Waals surface area contributed by atoms with Crippen LogP contribution in [0.5, 0.6) is 0 Å². The Balaban J connectivity index is 1.50. The van der Waals surface area contributed by atoms with E-state index in [0.717, 1.165) is 32.7 Å². The summed E-state index contributed by atoms with van der Waals surface area (Å²) in [6, 6.07) is 45.3. The molecule has 0 bridgehead atoms. The van der Waals surface area contributed by atoms with Crippen molar-refractivity contribution >= 4 is 33.0 Å². The normalized spacial score (nSPS) is 10.9. The van der Waals surface area contributed by atoms with Crippen LogP contribution in [0.25, 0.3) is 33.4 Å². The standard InChI is InChI=1S/C37H29BrN2/c1-26-23-31(38)16-20-34(26)35-21-19-33(24-27(35)2)40(32-17-14-28(15-18-32)30-11-8-22-39-25-30)37-13-7-6-12-36(37)29-9-4-3-5-10-29/h3-25H,1-2H3. The molecule has 6 aromatic rings. The minimum Gasteiger partial charge on any atom is -0.310 e. The van der Waals surface area contributed by atoms with E-state index in [0.29, 0.717) is 0 Å². The molecule has 1 heterocycles. The fourth-order valence-electron chi connectivity index (χ4n) is 5.31. The average molecular weight is 582 g/mol. The van der Waals surface area contributed by atoms with E-state index in [2.05, 4.69) is 161 Å². The Hall–Kier alpha value is -4.47. The Bertz CT molecular complexity index is 1760. The first-order valence-electron chi connectivity index (χ1n) is 13.4. The lowest BCUT2D eigenvalue weighted by atomic mass is 9.95. The number of aryl methyl sites for hydroxylation is 2. The third kappa shape index (κ3) is 5.21. The maximum absolute atomic E-state index is 4.30. The van der Waals surface area contributed by atoms with Gasteiger partial charge in [0.25, 0.3) is 0 Å². The van der Waals surface area contributed by atoms with E-state index in [1.165, 1.54) is 33.4 Å². The molecule has 0 saturated heterocycles. The molecule has 1 aromatic heterocycles. The average Bonchev–Trinajstić information content (AvgIpc) is 2.99. The molecule has 0 saturated carbocycles. The molecule has 0 fully saturated rings. The van der Waals surface area contributed by atoms with Crippen LogP contribution < -0.4 is 4.90 Å². The first-order valence-corrected chi connectivity index (χ1v) is 14.2. The number of hydrogen-bond donors (Lipinski definition) is 0. The van der Waals surface area contributed by atoms with Crippen LogP contribution in [0.1, 0.15) is 11.1 Å². The molecule has 0 atom stereocenters. The van der Waals surface area contributed by atoms with Gasteiger partial charge in [0.05, 0.1) is 5.69 Å². The van der Waals surface area contributed by atoms with Crippen LogP contribution >= 0.6 is 15.9 Å². The molecule has 0 spiro atoms. The SMILES string of the molecule is Cc1cc(Br)ccc1-c1ccc(N(c2ccc(-c3cccnc3)cc2)c2ccccc2-c2ccccc2)cc1C. The molecule has 3 heteroatoms. The Labute approximate surface area is 244 Å². The highest BCUT2D eigenvalue weighted by atomic mass is 79.9. The maximum Gasteiger partial charge on any atom is 0.0540 e. The highest BCUT2D eigenvalue weighted by molar-refractivity contribution is 9.10. The van der Waals surface area contributed by atoms with E-state index >= 15 is 0 Å². The van der Waals surface area contributed by atoms with Crippen molar-refractivity contribution in [2.45, 2.75) is 13.8 Å². The van der Waals surface area contributed by atoms with Gasteiger partial charge in [-0.1, -0.05) is 94.8 Å². The number of halogens is 1. The topological polar surface area (TPSA) is 16.1 Å². The molecule has 6 rings (SSSR count). The van der Waals surface area contributed by atoms with Crippen molar-refractivity contribution in [3.63, 3.8) is 0 Å². The summed E-state index contributed by atoms with van der Waals surface area (Å²) < 4.78 is 1.10. The molecule has 194 valence electrons. The molecule has 0 radical (unpaired) electrons. The van der Waals surface area contributed by atoms with E-state index in [-0.39, 0.29) is 0 Å². The van der Waals surface area contributed by atoms with Crippen molar-refractivity contribution in [3.8, 4) is 33.4 Å². The van der Waals surface area contributed by atoms with E-state index < -0.39 is 0 Å². The number of para-hydroxylation sites is 1. The van der Waals surface area contributed by atoms with Gasteiger partial charge in [0, 0.05) is 33.8 Å². The molecular formula is C37H29BrN2. The van der Waals surface area contributed by atoms with Gasteiger partial charge < -0.3 is 4.90 Å². The monoisotopic (exact) mass is 580 g/mol. The summed E-state index contributed by atoms with van der Waals surface area (Å²) in [5.74, 6) is 0. The van der Waals surface area contributed by atoms with Crippen LogP contribution in [0.2, 0.25) is 0 Å². The van der Waals surface area contributed by atoms with Gasteiger partial charge in [0.2, 0.25) is 0 Å². The third-order valence-electron chi connectivity index (χ3n) is 7.30. The second-order valence-corrected chi connectivity index (χ2v) is 10.9. The van der Waals surface area contributed by atoms with Gasteiger partial charge in [-0.2, -0.15) is 0 Å². The Morgan fingerprint density at radius 2 is 1.18 bits per heavy atom. The number of aromatic nitrogens is 1. The van der Waals surface area contributed by atoms with E-state index in [1.807, 2.05) is 18.5 Å².